The molecule has 0 saturated heterocycles. The van der Waals surface area contributed by atoms with Gasteiger partial charge < -0.3 is 20.5 Å². The maximum atomic E-state index is 13.3. The van der Waals surface area contributed by atoms with E-state index in [0.717, 1.165) is 18.5 Å². The third-order valence-electron chi connectivity index (χ3n) is 2.65. The predicted molar refractivity (Wildman–Crippen MR) is 70.5 cm³/mol. The topological polar surface area (TPSA) is 56.5 Å². The molecule has 0 amide bonds. The van der Waals surface area contributed by atoms with Crippen LogP contribution in [0.15, 0.2) is 18.2 Å². The van der Waals surface area contributed by atoms with Crippen LogP contribution in [0.3, 0.4) is 0 Å². The molecule has 0 bridgehead atoms. The summed E-state index contributed by atoms with van der Waals surface area (Å²) >= 11 is 0. The van der Waals surface area contributed by atoms with Crippen molar-refractivity contribution in [2.24, 2.45) is 5.73 Å². The van der Waals surface area contributed by atoms with Gasteiger partial charge in [0.1, 0.15) is 0 Å². The van der Waals surface area contributed by atoms with Crippen molar-refractivity contribution in [1.82, 2.24) is 0 Å². The Morgan fingerprint density at radius 2 is 2.17 bits per heavy atom. The van der Waals surface area contributed by atoms with Gasteiger partial charge in [-0.15, -0.1) is 0 Å². The van der Waals surface area contributed by atoms with E-state index in [9.17, 15) is 4.39 Å². The lowest BCUT2D eigenvalue weighted by Gasteiger charge is -2.19. The molecule has 0 aliphatic heterocycles. The minimum Gasteiger partial charge on any atom is -0.494 e. The molecule has 0 fully saturated rings. The third kappa shape index (κ3) is 4.50. The number of rotatable bonds is 8. The minimum absolute atomic E-state index is 0.161. The van der Waals surface area contributed by atoms with Crippen molar-refractivity contribution in [2.75, 3.05) is 32.7 Å². The van der Waals surface area contributed by atoms with Gasteiger partial charge in [0, 0.05) is 24.9 Å². The number of benzene rings is 1. The molecular weight excluding hydrogens is 235 g/mol. The van der Waals surface area contributed by atoms with Crippen LogP contribution in [-0.4, -0.2) is 33.4 Å². The normalized spacial score (nSPS) is 12.2. The Kier molecular flexibility index (Phi) is 6.46. The van der Waals surface area contributed by atoms with Gasteiger partial charge in [-0.3, -0.25) is 0 Å². The van der Waals surface area contributed by atoms with Crippen LogP contribution in [0.1, 0.15) is 12.8 Å². The van der Waals surface area contributed by atoms with Gasteiger partial charge in [-0.25, -0.2) is 4.39 Å². The molecule has 0 aliphatic rings. The second-order valence-corrected chi connectivity index (χ2v) is 4.08. The molecule has 4 nitrogen and oxygen atoms in total. The van der Waals surface area contributed by atoms with E-state index < -0.39 is 0 Å². The fraction of sp³-hybridized carbons (Fsp3) is 0.538. The summed E-state index contributed by atoms with van der Waals surface area (Å²) in [5.74, 6) is -0.136. The summed E-state index contributed by atoms with van der Waals surface area (Å²) in [4.78, 5) is 0. The second kappa shape index (κ2) is 7.89. The van der Waals surface area contributed by atoms with Crippen molar-refractivity contribution in [1.29, 1.82) is 0 Å². The number of hydrogen-bond acceptors (Lipinski definition) is 4. The quantitative estimate of drug-likeness (QED) is 0.747. The van der Waals surface area contributed by atoms with Crippen LogP contribution in [0.4, 0.5) is 10.1 Å². The zero-order valence-electron chi connectivity index (χ0n) is 10.9. The summed E-state index contributed by atoms with van der Waals surface area (Å²) in [6.07, 6.45) is 1.82. The molecule has 0 aliphatic carbocycles. The molecule has 1 aromatic carbocycles. The van der Waals surface area contributed by atoms with Gasteiger partial charge in [-0.2, -0.15) is 0 Å². The average molecular weight is 256 g/mol. The molecule has 18 heavy (non-hydrogen) atoms. The summed E-state index contributed by atoms with van der Waals surface area (Å²) in [7, 11) is 3.10. The van der Waals surface area contributed by atoms with Gasteiger partial charge in [-0.05, 0) is 31.5 Å². The van der Waals surface area contributed by atoms with Gasteiger partial charge in [-0.1, -0.05) is 0 Å². The molecule has 1 aromatic rings. The van der Waals surface area contributed by atoms with Gasteiger partial charge in [0.25, 0.3) is 0 Å². The number of anilines is 1. The zero-order chi connectivity index (χ0) is 13.4. The van der Waals surface area contributed by atoms with Crippen LogP contribution in [-0.2, 0) is 4.74 Å². The standard InChI is InChI=1S/C13H21FN2O2/c1-17-9-11(4-3-7-15)16-10-5-6-12(14)13(8-10)18-2/h5-6,8,11,16H,3-4,7,9,15H2,1-2H3. The fourth-order valence-electron chi connectivity index (χ4n) is 1.75. The van der Waals surface area contributed by atoms with Crippen LogP contribution in [0.25, 0.3) is 0 Å². The summed E-state index contributed by atoms with van der Waals surface area (Å²) in [5.41, 5.74) is 6.31. The van der Waals surface area contributed by atoms with E-state index in [1.54, 1.807) is 19.2 Å². The SMILES string of the molecule is COCC(CCCN)Nc1ccc(F)c(OC)c1. The van der Waals surface area contributed by atoms with Crippen LogP contribution in [0, 0.1) is 5.82 Å². The summed E-state index contributed by atoms with van der Waals surface area (Å²) in [5, 5.41) is 3.29. The zero-order valence-corrected chi connectivity index (χ0v) is 10.9. The summed E-state index contributed by atoms with van der Waals surface area (Å²) < 4.78 is 23.4. The van der Waals surface area contributed by atoms with Crippen molar-refractivity contribution in [3.05, 3.63) is 24.0 Å². The number of hydrogen-bond donors (Lipinski definition) is 2. The highest BCUT2D eigenvalue weighted by molar-refractivity contribution is 5.49. The molecule has 1 unspecified atom stereocenters. The average Bonchev–Trinajstić information content (AvgIpc) is 2.38. The third-order valence-corrected chi connectivity index (χ3v) is 2.65. The molecule has 102 valence electrons. The van der Waals surface area contributed by atoms with Crippen molar-refractivity contribution in [2.45, 2.75) is 18.9 Å². The maximum absolute atomic E-state index is 13.3. The largest absolute Gasteiger partial charge is 0.494 e. The number of nitrogens with two attached hydrogens (primary N) is 1. The molecule has 0 aromatic heterocycles. The Balaban J connectivity index is 2.67. The molecule has 1 atom stereocenters. The molecule has 1 rings (SSSR count). The van der Waals surface area contributed by atoms with Gasteiger partial charge in [0.2, 0.25) is 0 Å². The highest BCUT2D eigenvalue weighted by atomic mass is 19.1. The van der Waals surface area contributed by atoms with Crippen molar-refractivity contribution in [3.8, 4) is 5.75 Å². The van der Waals surface area contributed by atoms with Crippen molar-refractivity contribution < 1.29 is 13.9 Å². The minimum atomic E-state index is -0.367. The first-order valence-electron chi connectivity index (χ1n) is 6.00. The first-order valence-corrected chi connectivity index (χ1v) is 6.00. The van der Waals surface area contributed by atoms with Crippen molar-refractivity contribution in [3.63, 3.8) is 0 Å². The van der Waals surface area contributed by atoms with E-state index in [2.05, 4.69) is 5.32 Å². The van der Waals surface area contributed by atoms with E-state index in [1.807, 2.05) is 0 Å². The second-order valence-electron chi connectivity index (χ2n) is 4.08. The number of halogens is 1. The Morgan fingerprint density at radius 1 is 1.39 bits per heavy atom. The molecule has 5 heteroatoms. The fourth-order valence-corrected chi connectivity index (χ4v) is 1.75. The van der Waals surface area contributed by atoms with Crippen LogP contribution in [0.2, 0.25) is 0 Å². The first kappa shape index (κ1) is 14.7. The Bertz CT molecular complexity index is 361. The molecular formula is C13H21FN2O2. The number of ether oxygens (including phenoxy) is 2. The van der Waals surface area contributed by atoms with E-state index in [-0.39, 0.29) is 17.6 Å². The molecule has 0 spiro atoms. The van der Waals surface area contributed by atoms with Gasteiger partial charge in [0.15, 0.2) is 11.6 Å². The lowest BCUT2D eigenvalue weighted by molar-refractivity contribution is 0.182. The van der Waals surface area contributed by atoms with Crippen molar-refractivity contribution >= 4 is 5.69 Å². The van der Waals surface area contributed by atoms with Crippen LogP contribution >= 0.6 is 0 Å². The summed E-state index contributed by atoms with van der Waals surface area (Å²) in [6, 6.07) is 4.87. The monoisotopic (exact) mass is 256 g/mol. The van der Waals surface area contributed by atoms with E-state index >= 15 is 0 Å². The molecule has 3 N–H and O–H groups in total. The highest BCUT2D eigenvalue weighted by Gasteiger charge is 2.09. The van der Waals surface area contributed by atoms with E-state index in [4.69, 9.17) is 15.2 Å². The van der Waals surface area contributed by atoms with Gasteiger partial charge >= 0.3 is 0 Å². The van der Waals surface area contributed by atoms with Gasteiger partial charge in [0.05, 0.1) is 13.7 Å². The smallest absolute Gasteiger partial charge is 0.165 e. The molecule has 0 heterocycles. The first-order chi connectivity index (χ1) is 8.71. The maximum Gasteiger partial charge on any atom is 0.165 e. The van der Waals surface area contributed by atoms with E-state index in [1.165, 1.54) is 13.2 Å². The van der Waals surface area contributed by atoms with E-state index in [0.29, 0.717) is 13.2 Å². The highest BCUT2D eigenvalue weighted by Crippen LogP contribution is 2.22. The Morgan fingerprint density at radius 3 is 2.78 bits per heavy atom. The van der Waals surface area contributed by atoms with Crippen LogP contribution in [0.5, 0.6) is 5.75 Å². The predicted octanol–water partition coefficient (Wildman–Crippen LogP) is 2.00. The number of nitrogens with one attached hydrogen (secondary N) is 1. The Labute approximate surface area is 107 Å². The Hall–Kier alpha value is -1.33. The molecule has 0 radical (unpaired) electrons. The number of methoxy groups -OCH3 is 2. The summed E-state index contributed by atoms with van der Waals surface area (Å²) in [6.45, 7) is 1.23. The van der Waals surface area contributed by atoms with Crippen LogP contribution < -0.4 is 15.8 Å². The lowest BCUT2D eigenvalue weighted by Crippen LogP contribution is -2.25. The molecule has 0 saturated carbocycles. The lowest BCUT2D eigenvalue weighted by atomic mass is 10.1.